The molecule has 0 aliphatic heterocycles. The van der Waals surface area contributed by atoms with Gasteiger partial charge < -0.3 is 5.32 Å². The molecule has 2 heteroatoms. The van der Waals surface area contributed by atoms with Crippen molar-refractivity contribution < 1.29 is 0 Å². The summed E-state index contributed by atoms with van der Waals surface area (Å²) < 4.78 is 0. The molecule has 0 amide bonds. The number of nitrogens with zero attached hydrogens (tertiary/aromatic N) is 1. The van der Waals surface area contributed by atoms with Crippen LogP contribution in [-0.4, -0.2) is 36.6 Å². The maximum absolute atomic E-state index is 5.34. The normalized spacial score (nSPS) is 17.7. The van der Waals surface area contributed by atoms with Gasteiger partial charge in [-0.15, -0.1) is 6.42 Å². The predicted octanol–water partition coefficient (Wildman–Crippen LogP) is 1.86. The van der Waals surface area contributed by atoms with E-state index in [-0.39, 0.29) is 0 Å². The Bertz CT molecular complexity index is 203. The fraction of sp³-hybridized carbons (Fsp3) is 0.846. The van der Waals surface area contributed by atoms with Gasteiger partial charge in [-0.2, -0.15) is 0 Å². The van der Waals surface area contributed by atoms with Crippen LogP contribution in [0.4, 0.5) is 0 Å². The highest BCUT2D eigenvalue weighted by Gasteiger charge is 2.19. The van der Waals surface area contributed by atoms with Crippen molar-refractivity contribution in [2.45, 2.75) is 51.6 Å². The molecule has 0 bridgehead atoms. The van der Waals surface area contributed by atoms with Crippen LogP contribution in [0.1, 0.15) is 39.5 Å². The van der Waals surface area contributed by atoms with E-state index in [0.29, 0.717) is 6.04 Å². The van der Waals surface area contributed by atoms with Crippen LogP contribution in [0, 0.1) is 12.3 Å². The van der Waals surface area contributed by atoms with Gasteiger partial charge in [0, 0.05) is 12.1 Å². The van der Waals surface area contributed by atoms with E-state index < -0.39 is 0 Å². The maximum atomic E-state index is 5.34. The van der Waals surface area contributed by atoms with Gasteiger partial charge in [-0.3, -0.25) is 4.90 Å². The van der Waals surface area contributed by atoms with Crippen molar-refractivity contribution in [2.75, 3.05) is 19.6 Å². The van der Waals surface area contributed by atoms with Crippen LogP contribution in [0.5, 0.6) is 0 Å². The molecular formula is C13H24N2. The molecule has 0 radical (unpaired) electrons. The molecule has 86 valence electrons. The van der Waals surface area contributed by atoms with Gasteiger partial charge in [-0.1, -0.05) is 12.8 Å². The molecule has 0 saturated heterocycles. The van der Waals surface area contributed by atoms with Crippen LogP contribution < -0.4 is 5.32 Å². The third-order valence-corrected chi connectivity index (χ3v) is 3.13. The van der Waals surface area contributed by atoms with Crippen molar-refractivity contribution in [3.63, 3.8) is 0 Å². The number of hydrogen-bond acceptors (Lipinski definition) is 2. The summed E-state index contributed by atoms with van der Waals surface area (Å²) in [5, 5.41) is 3.54. The van der Waals surface area contributed by atoms with Gasteiger partial charge in [0.15, 0.2) is 0 Å². The largest absolute Gasteiger partial charge is 0.314 e. The summed E-state index contributed by atoms with van der Waals surface area (Å²) in [5.41, 5.74) is 0. The van der Waals surface area contributed by atoms with Crippen LogP contribution in [0.15, 0.2) is 0 Å². The summed E-state index contributed by atoms with van der Waals surface area (Å²) in [4.78, 5) is 2.36. The molecule has 1 N–H and O–H groups in total. The minimum absolute atomic E-state index is 0.618. The second-order valence-electron chi connectivity index (χ2n) is 4.49. The van der Waals surface area contributed by atoms with Crippen LogP contribution in [0.25, 0.3) is 0 Å². The topological polar surface area (TPSA) is 15.3 Å². The number of terminal acetylenes is 1. The maximum Gasteiger partial charge on any atom is 0.0601 e. The van der Waals surface area contributed by atoms with E-state index in [1.165, 1.54) is 32.2 Å². The van der Waals surface area contributed by atoms with Crippen molar-refractivity contribution in [1.29, 1.82) is 0 Å². The average Bonchev–Trinajstić information content (AvgIpc) is 3.04. The Morgan fingerprint density at radius 1 is 1.53 bits per heavy atom. The highest BCUT2D eigenvalue weighted by molar-refractivity contribution is 4.89. The first kappa shape index (κ1) is 12.5. The Labute approximate surface area is 94.4 Å². The van der Waals surface area contributed by atoms with Gasteiger partial charge in [0.05, 0.1) is 6.54 Å². The summed E-state index contributed by atoms with van der Waals surface area (Å²) in [6.07, 6.45) is 10.6. The summed E-state index contributed by atoms with van der Waals surface area (Å²) >= 11 is 0. The molecule has 0 heterocycles. The molecule has 1 aliphatic rings. The standard InChI is InChI=1S/C13H24N2/c1-4-11-15(5-2)12(3)7-6-10-14-13-8-9-13/h1,12-14H,5-11H2,2-3H3. The molecule has 1 saturated carbocycles. The zero-order valence-corrected chi connectivity index (χ0v) is 10.1. The molecule has 2 nitrogen and oxygen atoms in total. The van der Waals surface area contributed by atoms with Gasteiger partial charge in [0.1, 0.15) is 0 Å². The third-order valence-electron chi connectivity index (χ3n) is 3.13. The highest BCUT2D eigenvalue weighted by atomic mass is 15.1. The lowest BCUT2D eigenvalue weighted by Gasteiger charge is -2.25. The van der Waals surface area contributed by atoms with E-state index in [1.807, 2.05) is 0 Å². The minimum Gasteiger partial charge on any atom is -0.314 e. The number of nitrogens with one attached hydrogen (secondary N) is 1. The molecule has 1 rings (SSSR count). The molecular weight excluding hydrogens is 184 g/mol. The van der Waals surface area contributed by atoms with Crippen molar-refractivity contribution in [2.24, 2.45) is 0 Å². The Morgan fingerprint density at radius 3 is 2.80 bits per heavy atom. The molecule has 15 heavy (non-hydrogen) atoms. The third kappa shape index (κ3) is 5.20. The fourth-order valence-electron chi connectivity index (χ4n) is 1.87. The van der Waals surface area contributed by atoms with Crippen molar-refractivity contribution in [1.82, 2.24) is 10.2 Å². The van der Waals surface area contributed by atoms with Gasteiger partial charge in [-0.25, -0.2) is 0 Å². The van der Waals surface area contributed by atoms with Crippen LogP contribution in [0.3, 0.4) is 0 Å². The minimum atomic E-state index is 0.618. The Morgan fingerprint density at radius 2 is 2.27 bits per heavy atom. The second kappa shape index (κ2) is 6.87. The van der Waals surface area contributed by atoms with Gasteiger partial charge in [0.2, 0.25) is 0 Å². The highest BCUT2D eigenvalue weighted by Crippen LogP contribution is 2.18. The Kier molecular flexibility index (Phi) is 5.75. The zero-order valence-electron chi connectivity index (χ0n) is 10.1. The van der Waals surface area contributed by atoms with Crippen LogP contribution >= 0.6 is 0 Å². The fourth-order valence-corrected chi connectivity index (χ4v) is 1.87. The number of rotatable bonds is 8. The molecule has 1 fully saturated rings. The molecule has 1 aliphatic carbocycles. The summed E-state index contributed by atoms with van der Waals surface area (Å²) in [6.45, 7) is 7.46. The van der Waals surface area contributed by atoms with E-state index >= 15 is 0 Å². The monoisotopic (exact) mass is 208 g/mol. The van der Waals surface area contributed by atoms with E-state index in [2.05, 4.69) is 30.0 Å². The van der Waals surface area contributed by atoms with Crippen molar-refractivity contribution >= 4 is 0 Å². The summed E-state index contributed by atoms with van der Waals surface area (Å²) in [5.74, 6) is 2.73. The molecule has 0 aromatic carbocycles. The van der Waals surface area contributed by atoms with Crippen LogP contribution in [-0.2, 0) is 0 Å². The van der Waals surface area contributed by atoms with E-state index in [9.17, 15) is 0 Å². The first-order valence-electron chi connectivity index (χ1n) is 6.18. The summed E-state index contributed by atoms with van der Waals surface area (Å²) in [6, 6.07) is 1.46. The number of hydrogen-bond donors (Lipinski definition) is 1. The lowest BCUT2D eigenvalue weighted by Crippen LogP contribution is -2.33. The van der Waals surface area contributed by atoms with Gasteiger partial charge in [0.25, 0.3) is 0 Å². The Balaban J connectivity index is 2.04. The first-order valence-corrected chi connectivity index (χ1v) is 6.18. The Hall–Kier alpha value is -0.520. The van der Waals surface area contributed by atoms with E-state index in [4.69, 9.17) is 6.42 Å². The van der Waals surface area contributed by atoms with Gasteiger partial charge in [-0.05, 0) is 45.7 Å². The van der Waals surface area contributed by atoms with Crippen LogP contribution in [0.2, 0.25) is 0 Å². The van der Waals surface area contributed by atoms with Crippen molar-refractivity contribution in [3.05, 3.63) is 0 Å². The van der Waals surface area contributed by atoms with E-state index in [1.54, 1.807) is 0 Å². The molecule has 1 atom stereocenters. The average molecular weight is 208 g/mol. The summed E-state index contributed by atoms with van der Waals surface area (Å²) in [7, 11) is 0. The molecule has 1 unspecified atom stereocenters. The molecule has 0 spiro atoms. The lowest BCUT2D eigenvalue weighted by molar-refractivity contribution is 0.232. The SMILES string of the molecule is C#CCN(CC)C(C)CCCNC1CC1. The van der Waals surface area contributed by atoms with Gasteiger partial charge >= 0.3 is 0 Å². The second-order valence-corrected chi connectivity index (χ2v) is 4.49. The predicted molar refractivity (Wildman–Crippen MR) is 65.8 cm³/mol. The lowest BCUT2D eigenvalue weighted by atomic mass is 10.1. The van der Waals surface area contributed by atoms with Crippen molar-refractivity contribution in [3.8, 4) is 12.3 Å². The quantitative estimate of drug-likeness (QED) is 0.484. The first-order chi connectivity index (χ1) is 7.27. The smallest absolute Gasteiger partial charge is 0.0601 e. The zero-order chi connectivity index (χ0) is 11.1. The molecule has 0 aromatic heterocycles. The van der Waals surface area contributed by atoms with E-state index in [0.717, 1.165) is 19.1 Å². The molecule has 0 aromatic rings.